The van der Waals surface area contributed by atoms with Gasteiger partial charge in [-0.1, -0.05) is 42.5 Å². The van der Waals surface area contributed by atoms with Gasteiger partial charge in [-0.05, 0) is 79.1 Å². The Balaban J connectivity index is 2.02. The first-order valence-corrected chi connectivity index (χ1v) is 13.0. The first-order valence-electron chi connectivity index (χ1n) is 13.0. The van der Waals surface area contributed by atoms with E-state index in [4.69, 9.17) is 4.74 Å². The van der Waals surface area contributed by atoms with Crippen LogP contribution in [-0.2, 0) is 24.3 Å². The Kier molecular flexibility index (Phi) is 8.84. The number of halogens is 8. The second-order valence-electron chi connectivity index (χ2n) is 10.1. The van der Waals surface area contributed by atoms with Crippen molar-refractivity contribution in [3.05, 3.63) is 136 Å². The summed E-state index contributed by atoms with van der Waals surface area (Å²) in [5.74, 6) is -3.50. The van der Waals surface area contributed by atoms with Crippen molar-refractivity contribution in [1.82, 2.24) is 5.32 Å². The second-order valence-corrected chi connectivity index (χ2v) is 10.1. The Morgan fingerprint density at radius 3 is 2.00 bits per heavy atom. The number of alkyl halides is 6. The van der Waals surface area contributed by atoms with Crippen molar-refractivity contribution in [3.63, 3.8) is 0 Å². The van der Waals surface area contributed by atoms with Crippen LogP contribution in [0.2, 0.25) is 0 Å². The van der Waals surface area contributed by atoms with Gasteiger partial charge in [0.2, 0.25) is 0 Å². The first kappa shape index (κ1) is 31.5. The van der Waals surface area contributed by atoms with Crippen LogP contribution in [0, 0.1) is 11.6 Å². The SMILES string of the molecule is CC(C)Oc1cc([C@@](Cc2ccccc2)(NC(=O)c2cccc(C(F)(F)F)c2)c2cc(F)cc(C(F)(F)F)c2)ccc1F. The van der Waals surface area contributed by atoms with Gasteiger partial charge in [-0.15, -0.1) is 0 Å². The molecule has 3 nitrogen and oxygen atoms in total. The third-order valence-corrected chi connectivity index (χ3v) is 6.60. The van der Waals surface area contributed by atoms with E-state index in [0.717, 1.165) is 30.3 Å². The lowest BCUT2D eigenvalue weighted by Gasteiger charge is -2.37. The molecule has 0 saturated heterocycles. The molecular weight excluding hydrogens is 582 g/mol. The van der Waals surface area contributed by atoms with Crippen molar-refractivity contribution in [1.29, 1.82) is 0 Å². The van der Waals surface area contributed by atoms with Crippen LogP contribution in [0.25, 0.3) is 0 Å². The Bertz CT molecular complexity index is 1600. The summed E-state index contributed by atoms with van der Waals surface area (Å²) >= 11 is 0. The smallest absolute Gasteiger partial charge is 0.416 e. The van der Waals surface area contributed by atoms with Crippen molar-refractivity contribution in [3.8, 4) is 5.75 Å². The summed E-state index contributed by atoms with van der Waals surface area (Å²) in [6.07, 6.45) is -10.6. The molecule has 0 spiro atoms. The van der Waals surface area contributed by atoms with Crippen molar-refractivity contribution >= 4 is 5.91 Å². The third kappa shape index (κ3) is 7.33. The molecule has 0 aliphatic heterocycles. The zero-order chi connectivity index (χ0) is 31.6. The molecule has 0 radical (unpaired) electrons. The number of amides is 1. The van der Waals surface area contributed by atoms with Gasteiger partial charge in [0.25, 0.3) is 5.91 Å². The van der Waals surface area contributed by atoms with Crippen molar-refractivity contribution in [2.75, 3.05) is 0 Å². The van der Waals surface area contributed by atoms with Gasteiger partial charge in [0.1, 0.15) is 5.82 Å². The molecule has 4 aromatic rings. The largest absolute Gasteiger partial charge is 0.488 e. The number of carbonyl (C=O) groups is 1. The monoisotopic (exact) mass is 607 g/mol. The Morgan fingerprint density at radius 2 is 1.37 bits per heavy atom. The Hall–Kier alpha value is -4.41. The molecule has 1 amide bonds. The summed E-state index contributed by atoms with van der Waals surface area (Å²) in [5.41, 5.74) is -4.95. The summed E-state index contributed by atoms with van der Waals surface area (Å²) in [5, 5.41) is 2.59. The maximum absolute atomic E-state index is 14.9. The van der Waals surface area contributed by atoms with Crippen LogP contribution in [0.1, 0.15) is 52.0 Å². The van der Waals surface area contributed by atoms with Crippen LogP contribution in [0.15, 0.2) is 91.0 Å². The minimum Gasteiger partial charge on any atom is -0.488 e. The summed E-state index contributed by atoms with van der Waals surface area (Å²) in [4.78, 5) is 13.7. The molecule has 0 fully saturated rings. The summed E-state index contributed by atoms with van der Waals surface area (Å²) < 4.78 is 117. The van der Waals surface area contributed by atoms with E-state index >= 15 is 0 Å². The van der Waals surface area contributed by atoms with Crippen LogP contribution in [0.3, 0.4) is 0 Å². The van der Waals surface area contributed by atoms with Crippen molar-refractivity contribution < 1.29 is 44.7 Å². The Labute approximate surface area is 242 Å². The van der Waals surface area contributed by atoms with E-state index in [9.17, 15) is 39.9 Å². The highest BCUT2D eigenvalue weighted by Gasteiger charge is 2.41. The maximum atomic E-state index is 14.9. The van der Waals surface area contributed by atoms with Crippen LogP contribution < -0.4 is 10.1 Å². The number of rotatable bonds is 8. The molecule has 0 unspecified atom stereocenters. The molecule has 11 heteroatoms. The average molecular weight is 608 g/mol. The van der Waals surface area contributed by atoms with Crippen LogP contribution in [-0.4, -0.2) is 12.0 Å². The number of benzene rings is 4. The number of ether oxygens (including phenoxy) is 1. The van der Waals surface area contributed by atoms with E-state index in [1.807, 2.05) is 0 Å². The predicted molar refractivity (Wildman–Crippen MR) is 143 cm³/mol. The first-order chi connectivity index (χ1) is 20.1. The number of hydrogen-bond donors (Lipinski definition) is 1. The molecule has 43 heavy (non-hydrogen) atoms. The zero-order valence-corrected chi connectivity index (χ0v) is 22.8. The van der Waals surface area contributed by atoms with Gasteiger partial charge in [0.15, 0.2) is 11.6 Å². The number of nitrogens with one attached hydrogen (secondary N) is 1. The number of hydrogen-bond acceptors (Lipinski definition) is 2. The quantitative estimate of drug-likeness (QED) is 0.204. The topological polar surface area (TPSA) is 38.3 Å². The lowest BCUT2D eigenvalue weighted by molar-refractivity contribution is -0.138. The molecule has 0 aromatic heterocycles. The maximum Gasteiger partial charge on any atom is 0.416 e. The molecule has 0 bridgehead atoms. The van der Waals surface area contributed by atoms with Crippen LogP contribution in [0.5, 0.6) is 5.75 Å². The minimum absolute atomic E-state index is 0.00699. The number of carbonyl (C=O) groups excluding carboxylic acids is 1. The highest BCUT2D eigenvalue weighted by Crippen LogP contribution is 2.40. The molecule has 0 aliphatic rings. The van der Waals surface area contributed by atoms with Gasteiger partial charge in [-0.2, -0.15) is 26.3 Å². The van der Waals surface area contributed by atoms with Gasteiger partial charge in [0, 0.05) is 12.0 Å². The van der Waals surface area contributed by atoms with Crippen molar-refractivity contribution in [2.45, 2.75) is 44.3 Å². The van der Waals surface area contributed by atoms with E-state index in [1.165, 1.54) is 12.1 Å². The highest BCUT2D eigenvalue weighted by molar-refractivity contribution is 5.95. The van der Waals surface area contributed by atoms with E-state index in [0.29, 0.717) is 17.7 Å². The lowest BCUT2D eigenvalue weighted by atomic mass is 9.77. The summed E-state index contributed by atoms with van der Waals surface area (Å²) in [6.45, 7) is 3.22. The van der Waals surface area contributed by atoms with Gasteiger partial charge in [-0.25, -0.2) is 8.78 Å². The highest BCUT2D eigenvalue weighted by atomic mass is 19.4. The molecule has 4 rings (SSSR count). The molecule has 0 aliphatic carbocycles. The molecule has 1 N–H and O–H groups in total. The zero-order valence-electron chi connectivity index (χ0n) is 22.8. The van der Waals surface area contributed by atoms with Gasteiger partial charge in [0.05, 0.1) is 22.8 Å². The van der Waals surface area contributed by atoms with Gasteiger partial charge >= 0.3 is 12.4 Å². The fourth-order valence-corrected chi connectivity index (χ4v) is 4.68. The van der Waals surface area contributed by atoms with E-state index in [2.05, 4.69) is 5.32 Å². The van der Waals surface area contributed by atoms with Gasteiger partial charge < -0.3 is 10.1 Å². The van der Waals surface area contributed by atoms with Crippen molar-refractivity contribution in [2.24, 2.45) is 0 Å². The molecule has 226 valence electrons. The van der Waals surface area contributed by atoms with E-state index < -0.39 is 58.2 Å². The van der Waals surface area contributed by atoms with Gasteiger partial charge in [-0.3, -0.25) is 4.79 Å². The molecular formula is C32H25F8NO2. The molecule has 1 atom stereocenters. The minimum atomic E-state index is -4.99. The average Bonchev–Trinajstić information content (AvgIpc) is 2.93. The fraction of sp³-hybridized carbons (Fsp3) is 0.219. The van der Waals surface area contributed by atoms with Crippen LogP contribution >= 0.6 is 0 Å². The second kappa shape index (κ2) is 12.1. The predicted octanol–water partition coefficient (Wildman–Crippen LogP) is 8.71. The van der Waals surface area contributed by atoms with Crippen LogP contribution in [0.4, 0.5) is 35.1 Å². The van der Waals surface area contributed by atoms with E-state index in [-0.39, 0.29) is 29.4 Å². The molecule has 0 heterocycles. The summed E-state index contributed by atoms with van der Waals surface area (Å²) in [7, 11) is 0. The Morgan fingerprint density at radius 1 is 0.721 bits per heavy atom. The molecule has 0 saturated carbocycles. The standard InChI is InChI=1S/C32H25F8NO2/c1-19(2)43-28-17-22(11-12-27(28)34)30(18-20-7-4-3-5-8-20,24-14-25(32(38,39)40)16-26(33)15-24)41-29(42)21-9-6-10-23(13-21)31(35,36)37/h3-17,19H,18H2,1-2H3,(H,41,42)/t30-/m1/s1. The lowest BCUT2D eigenvalue weighted by Crippen LogP contribution is -2.49. The molecule has 4 aromatic carbocycles. The third-order valence-electron chi connectivity index (χ3n) is 6.60. The normalized spacial score (nSPS) is 13.5. The summed E-state index contributed by atoms with van der Waals surface area (Å²) in [6, 6.07) is 16.6. The fourth-order valence-electron chi connectivity index (χ4n) is 4.68. The van der Waals surface area contributed by atoms with E-state index in [1.54, 1.807) is 44.2 Å².